The molecule has 47 heavy (non-hydrogen) atoms. The summed E-state index contributed by atoms with van der Waals surface area (Å²) in [5.74, 6) is 0.324. The van der Waals surface area contributed by atoms with Crippen LogP contribution in [0.5, 0.6) is 17.2 Å². The number of hydrogen-bond acceptors (Lipinski definition) is 7. The molecule has 3 atom stereocenters. The Bertz CT molecular complexity index is 1640. The van der Waals surface area contributed by atoms with Gasteiger partial charge in [-0.25, -0.2) is 9.59 Å². The number of likely N-dealkylation sites (N-methyl/N-ethyl adjacent to an activating group) is 1. The lowest BCUT2D eigenvalue weighted by Crippen LogP contribution is -2.50. The number of para-hydroxylation sites is 1. The Hall–Kier alpha value is -5.18. The molecule has 0 saturated carbocycles. The molecule has 4 N–H and O–H groups in total. The molecule has 5 amide bonds. The Morgan fingerprint density at radius 3 is 2.43 bits per heavy atom. The van der Waals surface area contributed by atoms with E-state index in [4.69, 9.17) is 14.2 Å². The molecule has 0 spiro atoms. The lowest BCUT2D eigenvalue weighted by Gasteiger charge is -2.38. The van der Waals surface area contributed by atoms with E-state index in [-0.39, 0.29) is 55.1 Å². The zero-order valence-electron chi connectivity index (χ0n) is 25.8. The van der Waals surface area contributed by atoms with E-state index in [0.29, 0.717) is 17.2 Å². The summed E-state index contributed by atoms with van der Waals surface area (Å²) >= 11 is 0. The number of halogens is 3. The van der Waals surface area contributed by atoms with Gasteiger partial charge in [-0.3, -0.25) is 4.79 Å². The Morgan fingerprint density at radius 1 is 1.02 bits per heavy atom. The maximum absolute atomic E-state index is 13.7. The average Bonchev–Trinajstić information content (AvgIpc) is 3.50. The van der Waals surface area contributed by atoms with E-state index < -0.39 is 41.9 Å². The van der Waals surface area contributed by atoms with Gasteiger partial charge in [0.15, 0.2) is 17.2 Å². The maximum atomic E-state index is 13.7. The van der Waals surface area contributed by atoms with E-state index >= 15 is 0 Å². The number of fused-ring (bicyclic) bond motifs is 2. The first-order valence-electron chi connectivity index (χ1n) is 14.7. The third kappa shape index (κ3) is 7.62. The Kier molecular flexibility index (Phi) is 9.65. The summed E-state index contributed by atoms with van der Waals surface area (Å²) < 4.78 is 56.0. The molecular weight excluding hydrogens is 623 g/mol. The molecule has 0 radical (unpaired) electrons. The first kappa shape index (κ1) is 33.2. The molecule has 3 aromatic rings. The highest BCUT2D eigenvalue weighted by Gasteiger charge is 2.35. The molecule has 0 bridgehead atoms. The quantitative estimate of drug-likeness (QED) is 0.264. The van der Waals surface area contributed by atoms with E-state index in [2.05, 4.69) is 16.0 Å². The van der Waals surface area contributed by atoms with Crippen molar-refractivity contribution in [3.8, 4) is 17.2 Å². The van der Waals surface area contributed by atoms with E-state index in [1.165, 1.54) is 21.9 Å². The van der Waals surface area contributed by atoms with Crippen molar-refractivity contribution in [2.24, 2.45) is 5.92 Å². The third-order valence-electron chi connectivity index (χ3n) is 7.83. The fourth-order valence-corrected chi connectivity index (χ4v) is 5.13. The van der Waals surface area contributed by atoms with Crippen LogP contribution in [-0.2, 0) is 6.18 Å². The highest BCUT2D eigenvalue weighted by Crippen LogP contribution is 2.36. The van der Waals surface area contributed by atoms with Crippen molar-refractivity contribution in [1.82, 2.24) is 9.80 Å². The van der Waals surface area contributed by atoms with Crippen LogP contribution in [0.2, 0.25) is 0 Å². The number of nitrogens with one attached hydrogen (secondary N) is 3. The number of anilines is 3. The molecule has 0 fully saturated rings. The Balaban J connectivity index is 1.37. The summed E-state index contributed by atoms with van der Waals surface area (Å²) in [7, 11) is 1.58. The van der Waals surface area contributed by atoms with Crippen molar-refractivity contribution >= 4 is 35.0 Å². The van der Waals surface area contributed by atoms with Crippen LogP contribution in [0.1, 0.15) is 29.8 Å². The molecule has 3 aromatic carbocycles. The summed E-state index contributed by atoms with van der Waals surface area (Å²) in [6.45, 7) is 3.61. The van der Waals surface area contributed by atoms with Crippen molar-refractivity contribution < 1.29 is 46.9 Å². The zero-order chi connectivity index (χ0) is 33.9. The minimum Gasteiger partial charge on any atom is -0.485 e. The molecule has 12 nitrogen and oxygen atoms in total. The van der Waals surface area contributed by atoms with Gasteiger partial charge in [0.2, 0.25) is 6.79 Å². The number of hydrogen-bond donors (Lipinski definition) is 4. The Morgan fingerprint density at radius 2 is 1.72 bits per heavy atom. The van der Waals surface area contributed by atoms with Crippen molar-refractivity contribution in [2.75, 3.05) is 49.5 Å². The number of aliphatic hydroxyl groups excluding tert-OH is 1. The van der Waals surface area contributed by atoms with Crippen LogP contribution in [0.3, 0.4) is 0 Å². The molecule has 250 valence electrons. The predicted octanol–water partition coefficient (Wildman–Crippen LogP) is 5.46. The summed E-state index contributed by atoms with van der Waals surface area (Å²) in [6.07, 6.45) is -5.22. The van der Waals surface area contributed by atoms with Crippen molar-refractivity contribution in [3.05, 3.63) is 71.8 Å². The van der Waals surface area contributed by atoms with E-state index in [1.54, 1.807) is 38.2 Å². The molecule has 15 heteroatoms. The second-order valence-electron chi connectivity index (χ2n) is 11.3. The summed E-state index contributed by atoms with van der Waals surface area (Å²) in [4.78, 5) is 42.8. The normalized spacial score (nSPS) is 17.9. The molecule has 2 aliphatic heterocycles. The Labute approximate surface area is 268 Å². The number of ether oxygens (including phenoxy) is 3. The number of rotatable bonds is 7. The number of carbonyl (C=O) groups is 3. The summed E-state index contributed by atoms with van der Waals surface area (Å²) in [5, 5.41) is 17.8. The van der Waals surface area contributed by atoms with Gasteiger partial charge < -0.3 is 45.1 Å². The molecule has 5 rings (SSSR count). The highest BCUT2D eigenvalue weighted by atomic mass is 19.4. The van der Waals surface area contributed by atoms with Crippen molar-refractivity contribution in [2.45, 2.75) is 32.2 Å². The molecule has 0 unspecified atom stereocenters. The first-order valence-corrected chi connectivity index (χ1v) is 14.7. The van der Waals surface area contributed by atoms with E-state index in [0.717, 1.165) is 24.3 Å². The van der Waals surface area contributed by atoms with Crippen LogP contribution in [0.25, 0.3) is 0 Å². The molecular formula is C32H34F3N5O7. The number of urea groups is 2. The molecule has 0 aliphatic carbocycles. The number of nitrogens with zero attached hydrogens (tertiary/aromatic N) is 2. The number of alkyl halides is 3. The average molecular weight is 658 g/mol. The minimum atomic E-state index is -4.53. The molecule has 0 aromatic heterocycles. The fraction of sp³-hybridized carbons (Fsp3) is 0.344. The molecule has 0 saturated heterocycles. The topological polar surface area (TPSA) is 142 Å². The lowest BCUT2D eigenvalue weighted by atomic mass is 9.99. The van der Waals surface area contributed by atoms with Gasteiger partial charge in [-0.05, 0) is 55.5 Å². The number of amides is 5. The van der Waals surface area contributed by atoms with Crippen LogP contribution in [0.4, 0.5) is 39.8 Å². The largest absolute Gasteiger partial charge is 0.485 e. The first-order chi connectivity index (χ1) is 22.3. The SMILES string of the molecule is C[C@H](CO)N1C[C@H](C)[C@H](CN(C)C(=O)Nc2ccc3c(c2)OCO3)Oc2c(NC(=O)Nc3ccc(C(F)(F)F)cc3)cccc2C1=O. The maximum Gasteiger partial charge on any atom is 0.416 e. The minimum absolute atomic E-state index is 0.0383. The van der Waals surface area contributed by atoms with Gasteiger partial charge in [-0.2, -0.15) is 13.2 Å². The van der Waals surface area contributed by atoms with Crippen LogP contribution >= 0.6 is 0 Å². The second kappa shape index (κ2) is 13.7. The monoisotopic (exact) mass is 657 g/mol. The highest BCUT2D eigenvalue weighted by molar-refractivity contribution is 6.04. The summed E-state index contributed by atoms with van der Waals surface area (Å²) in [5.41, 5.74) is -0.0420. The van der Waals surface area contributed by atoms with Gasteiger partial charge >= 0.3 is 18.2 Å². The van der Waals surface area contributed by atoms with Gasteiger partial charge in [0.05, 0.1) is 36.0 Å². The second-order valence-corrected chi connectivity index (χ2v) is 11.3. The predicted molar refractivity (Wildman–Crippen MR) is 166 cm³/mol. The molecule has 2 heterocycles. The number of aliphatic hydroxyl groups is 1. The van der Waals surface area contributed by atoms with Gasteiger partial charge in [-0.1, -0.05) is 13.0 Å². The van der Waals surface area contributed by atoms with Crippen molar-refractivity contribution in [3.63, 3.8) is 0 Å². The van der Waals surface area contributed by atoms with Gasteiger partial charge in [0.25, 0.3) is 5.91 Å². The third-order valence-corrected chi connectivity index (χ3v) is 7.83. The fourth-order valence-electron chi connectivity index (χ4n) is 5.13. The zero-order valence-corrected chi connectivity index (χ0v) is 25.8. The van der Waals surface area contributed by atoms with Crippen LogP contribution < -0.4 is 30.2 Å². The van der Waals surface area contributed by atoms with Crippen LogP contribution in [0, 0.1) is 5.92 Å². The van der Waals surface area contributed by atoms with Gasteiger partial charge in [0, 0.05) is 37.0 Å². The van der Waals surface area contributed by atoms with Gasteiger partial charge in [0.1, 0.15) is 6.10 Å². The van der Waals surface area contributed by atoms with Crippen LogP contribution in [-0.4, -0.2) is 78.6 Å². The van der Waals surface area contributed by atoms with E-state index in [1.807, 2.05) is 6.92 Å². The number of benzene rings is 3. The van der Waals surface area contributed by atoms with Crippen molar-refractivity contribution in [1.29, 1.82) is 0 Å². The number of carbonyl (C=O) groups excluding carboxylic acids is 3. The standard InChI is InChI=1S/C32H34F3N5O7/c1-18-14-40(19(2)16-41)29(42)23-5-4-6-24(38-30(43)36-21-9-7-20(8-10-21)32(33,34)35)28(23)47-27(18)15-39(3)31(44)37-22-11-12-25-26(13-22)46-17-45-25/h4-13,18-19,27,41H,14-17H2,1-3H3,(H,37,44)(H2,36,38,43)/t18-,19+,27-/m0/s1. The summed E-state index contributed by atoms with van der Waals surface area (Å²) in [6, 6.07) is 11.7. The van der Waals surface area contributed by atoms with E-state index in [9.17, 15) is 32.7 Å². The van der Waals surface area contributed by atoms with Crippen LogP contribution in [0.15, 0.2) is 60.7 Å². The van der Waals surface area contributed by atoms with Gasteiger partial charge in [-0.15, -0.1) is 0 Å². The lowest BCUT2D eigenvalue weighted by molar-refractivity contribution is -0.137. The molecule has 2 aliphatic rings. The smallest absolute Gasteiger partial charge is 0.416 e.